The number of hydrogen-bond donors (Lipinski definition) is 1. The minimum absolute atomic E-state index is 0.0547. The molecule has 1 aliphatic heterocycles. The van der Waals surface area contributed by atoms with Gasteiger partial charge in [0, 0.05) is 34.2 Å². The smallest absolute Gasteiger partial charge is 0.134 e. The average Bonchev–Trinajstić information content (AvgIpc) is 2.29. The topological polar surface area (TPSA) is 29.1 Å². The number of hydrogen-bond acceptors (Lipinski definition) is 3. The molecule has 1 N–H and O–H groups in total. The lowest BCUT2D eigenvalue weighted by Crippen LogP contribution is -2.43. The van der Waals surface area contributed by atoms with Gasteiger partial charge in [-0.05, 0) is 26.0 Å². The Morgan fingerprint density at radius 1 is 1.41 bits per heavy atom. The summed E-state index contributed by atoms with van der Waals surface area (Å²) in [6.07, 6.45) is 1.24. The number of nitrogens with one attached hydrogen (secondary N) is 1. The van der Waals surface area contributed by atoms with Gasteiger partial charge in [0.1, 0.15) is 5.78 Å². The molecule has 0 fully saturated rings. The zero-order valence-electron chi connectivity index (χ0n) is 10.6. The molecule has 1 atom stereocenters. The predicted octanol–water partition coefficient (Wildman–Crippen LogP) is 3.72. The first-order valence-electron chi connectivity index (χ1n) is 6.09. The zero-order chi connectivity index (χ0) is 12.5. The SMILES string of the molecule is CCC(=O)C[C@H]1Nc2ccccc2SC1(C)C. The van der Waals surface area contributed by atoms with E-state index in [2.05, 4.69) is 37.4 Å². The van der Waals surface area contributed by atoms with Crippen molar-refractivity contribution in [2.75, 3.05) is 5.32 Å². The van der Waals surface area contributed by atoms with Crippen LogP contribution in [0.3, 0.4) is 0 Å². The number of para-hydroxylation sites is 1. The highest BCUT2D eigenvalue weighted by molar-refractivity contribution is 8.01. The van der Waals surface area contributed by atoms with E-state index in [0.717, 1.165) is 5.69 Å². The first kappa shape index (κ1) is 12.5. The van der Waals surface area contributed by atoms with Crippen molar-refractivity contribution in [3.8, 4) is 0 Å². The van der Waals surface area contributed by atoms with E-state index in [1.54, 1.807) is 0 Å². The molecule has 3 heteroatoms. The third kappa shape index (κ3) is 2.65. The van der Waals surface area contributed by atoms with Crippen molar-refractivity contribution in [3.63, 3.8) is 0 Å². The average molecular weight is 249 g/mol. The highest BCUT2D eigenvalue weighted by Gasteiger charge is 2.36. The predicted molar refractivity (Wildman–Crippen MR) is 73.7 cm³/mol. The summed E-state index contributed by atoms with van der Waals surface area (Å²) < 4.78 is 0.0547. The van der Waals surface area contributed by atoms with Gasteiger partial charge in [-0.2, -0.15) is 0 Å². The Balaban J connectivity index is 2.22. The maximum Gasteiger partial charge on any atom is 0.134 e. The van der Waals surface area contributed by atoms with Gasteiger partial charge in [0.15, 0.2) is 0 Å². The van der Waals surface area contributed by atoms with Gasteiger partial charge in [0.25, 0.3) is 0 Å². The van der Waals surface area contributed by atoms with Gasteiger partial charge in [-0.1, -0.05) is 19.1 Å². The van der Waals surface area contributed by atoms with Gasteiger partial charge in [-0.25, -0.2) is 0 Å². The van der Waals surface area contributed by atoms with Crippen LogP contribution in [-0.4, -0.2) is 16.6 Å². The Kier molecular flexibility index (Phi) is 3.48. The fraction of sp³-hybridized carbons (Fsp3) is 0.500. The molecule has 0 aromatic heterocycles. The summed E-state index contributed by atoms with van der Waals surface area (Å²) in [5.74, 6) is 0.329. The second-order valence-corrected chi connectivity index (χ2v) is 6.69. The van der Waals surface area contributed by atoms with E-state index >= 15 is 0 Å². The maximum atomic E-state index is 11.6. The minimum Gasteiger partial charge on any atom is -0.380 e. The number of Topliss-reactive ketones (excluding diaryl/α,β-unsaturated/α-hetero) is 1. The third-order valence-corrected chi connectivity index (χ3v) is 4.64. The Morgan fingerprint density at radius 3 is 2.82 bits per heavy atom. The molecule has 0 saturated heterocycles. The summed E-state index contributed by atoms with van der Waals surface area (Å²) in [6.45, 7) is 6.33. The van der Waals surface area contributed by atoms with Gasteiger partial charge < -0.3 is 5.32 Å². The molecule has 0 spiro atoms. The second kappa shape index (κ2) is 4.73. The van der Waals surface area contributed by atoms with Crippen LogP contribution < -0.4 is 5.32 Å². The second-order valence-electron chi connectivity index (χ2n) is 4.99. The normalized spacial score (nSPS) is 21.5. The van der Waals surface area contributed by atoms with Crippen molar-refractivity contribution in [2.24, 2.45) is 0 Å². The van der Waals surface area contributed by atoms with Gasteiger partial charge in [-0.15, -0.1) is 11.8 Å². The lowest BCUT2D eigenvalue weighted by molar-refractivity contribution is -0.119. The molecule has 1 aromatic carbocycles. The fourth-order valence-electron chi connectivity index (χ4n) is 2.06. The molecule has 0 bridgehead atoms. The molecule has 0 radical (unpaired) electrons. The lowest BCUT2D eigenvalue weighted by atomic mass is 9.96. The van der Waals surface area contributed by atoms with Crippen molar-refractivity contribution in [2.45, 2.75) is 49.3 Å². The van der Waals surface area contributed by atoms with Crippen molar-refractivity contribution in [1.82, 2.24) is 0 Å². The Bertz CT molecular complexity index is 428. The number of fused-ring (bicyclic) bond motifs is 1. The van der Waals surface area contributed by atoms with Crippen molar-refractivity contribution >= 4 is 23.2 Å². The lowest BCUT2D eigenvalue weighted by Gasteiger charge is -2.40. The zero-order valence-corrected chi connectivity index (χ0v) is 11.4. The Labute approximate surface area is 107 Å². The van der Waals surface area contributed by atoms with E-state index in [1.807, 2.05) is 24.8 Å². The van der Waals surface area contributed by atoms with E-state index in [9.17, 15) is 4.79 Å². The maximum absolute atomic E-state index is 11.6. The number of anilines is 1. The van der Waals surface area contributed by atoms with Crippen LogP contribution >= 0.6 is 11.8 Å². The molecule has 2 rings (SSSR count). The molecular weight excluding hydrogens is 230 g/mol. The van der Waals surface area contributed by atoms with Crippen LogP contribution in [0.1, 0.15) is 33.6 Å². The molecule has 1 heterocycles. The third-order valence-electron chi connectivity index (χ3n) is 3.26. The molecule has 17 heavy (non-hydrogen) atoms. The summed E-state index contributed by atoms with van der Waals surface area (Å²) in [5, 5.41) is 3.51. The van der Waals surface area contributed by atoms with Crippen LogP contribution in [0.15, 0.2) is 29.2 Å². The van der Waals surface area contributed by atoms with Crippen molar-refractivity contribution < 1.29 is 4.79 Å². The molecule has 0 saturated carbocycles. The summed E-state index contributed by atoms with van der Waals surface area (Å²) in [4.78, 5) is 12.9. The molecule has 0 amide bonds. The van der Waals surface area contributed by atoms with E-state index in [4.69, 9.17) is 0 Å². The standard InChI is InChI=1S/C14H19NOS/c1-4-10(16)9-13-14(2,3)17-12-8-6-5-7-11(12)15-13/h5-8,13,15H,4,9H2,1-3H3/t13-/m1/s1. The van der Waals surface area contributed by atoms with Gasteiger partial charge in [-0.3, -0.25) is 4.79 Å². The van der Waals surface area contributed by atoms with E-state index in [0.29, 0.717) is 18.6 Å². The van der Waals surface area contributed by atoms with Crippen LogP contribution in [0.4, 0.5) is 5.69 Å². The van der Waals surface area contributed by atoms with Crippen LogP contribution in [0.5, 0.6) is 0 Å². The minimum atomic E-state index is 0.0547. The summed E-state index contributed by atoms with van der Waals surface area (Å²) in [6, 6.07) is 8.52. The number of benzene rings is 1. The van der Waals surface area contributed by atoms with E-state index in [1.165, 1.54) is 4.90 Å². The molecule has 1 aliphatic rings. The van der Waals surface area contributed by atoms with Gasteiger partial charge in [0.05, 0.1) is 0 Å². The number of ketones is 1. The number of carbonyl (C=O) groups excluding carboxylic acids is 1. The van der Waals surface area contributed by atoms with Crippen molar-refractivity contribution in [1.29, 1.82) is 0 Å². The van der Waals surface area contributed by atoms with Gasteiger partial charge >= 0.3 is 0 Å². The van der Waals surface area contributed by atoms with Crippen LogP contribution in [0, 0.1) is 0 Å². The number of carbonyl (C=O) groups is 1. The van der Waals surface area contributed by atoms with Crippen LogP contribution in [0.25, 0.3) is 0 Å². The van der Waals surface area contributed by atoms with E-state index in [-0.39, 0.29) is 10.8 Å². The molecule has 1 aromatic rings. The number of rotatable bonds is 3. The first-order valence-corrected chi connectivity index (χ1v) is 6.91. The quantitative estimate of drug-likeness (QED) is 0.885. The summed E-state index contributed by atoms with van der Waals surface area (Å²) >= 11 is 1.86. The largest absolute Gasteiger partial charge is 0.380 e. The van der Waals surface area contributed by atoms with Gasteiger partial charge in [0.2, 0.25) is 0 Å². The fourth-order valence-corrected chi connectivity index (χ4v) is 3.29. The molecular formula is C14H19NOS. The Morgan fingerprint density at radius 2 is 2.12 bits per heavy atom. The van der Waals surface area contributed by atoms with Crippen molar-refractivity contribution in [3.05, 3.63) is 24.3 Å². The highest BCUT2D eigenvalue weighted by Crippen LogP contribution is 2.45. The molecule has 2 nitrogen and oxygen atoms in total. The molecule has 0 aliphatic carbocycles. The van der Waals surface area contributed by atoms with Crippen LogP contribution in [-0.2, 0) is 4.79 Å². The first-order chi connectivity index (χ1) is 8.03. The van der Waals surface area contributed by atoms with E-state index < -0.39 is 0 Å². The summed E-state index contributed by atoms with van der Waals surface area (Å²) in [5.41, 5.74) is 1.16. The van der Waals surface area contributed by atoms with Crippen LogP contribution in [0.2, 0.25) is 0 Å². The number of thioether (sulfide) groups is 1. The molecule has 0 unspecified atom stereocenters. The Hall–Kier alpha value is -0.960. The highest BCUT2D eigenvalue weighted by atomic mass is 32.2. The molecule has 92 valence electrons. The monoisotopic (exact) mass is 249 g/mol. The summed E-state index contributed by atoms with van der Waals surface area (Å²) in [7, 11) is 0.